The highest BCUT2D eigenvalue weighted by Crippen LogP contribution is 2.33. The summed E-state index contributed by atoms with van der Waals surface area (Å²) in [5.74, 6) is 0.836. The van der Waals surface area contributed by atoms with Crippen LogP contribution in [0.3, 0.4) is 0 Å². The Labute approximate surface area is 161 Å². The second-order valence-electron chi connectivity index (χ2n) is 8.06. The van der Waals surface area contributed by atoms with Crippen molar-refractivity contribution in [2.75, 3.05) is 19.7 Å². The second-order valence-corrected chi connectivity index (χ2v) is 8.06. The van der Waals surface area contributed by atoms with Crippen LogP contribution in [0, 0.1) is 12.8 Å². The molecule has 0 radical (unpaired) electrons. The topological polar surface area (TPSA) is 93.4 Å². The first-order valence-corrected chi connectivity index (χ1v) is 10.1. The summed E-state index contributed by atoms with van der Waals surface area (Å²) in [5.41, 5.74) is 3.12. The lowest BCUT2D eigenvalue weighted by Crippen LogP contribution is -2.55. The molecule has 6 heteroatoms. The van der Waals surface area contributed by atoms with Crippen molar-refractivity contribution in [3.63, 3.8) is 0 Å². The molecule has 0 aromatic heterocycles. The average molecular weight is 379 g/mol. The standard InChI is InChI=1S/C21H33NO5/c1-3-14-6-8-22(9-7-14)11-16-10-15(5-4-13(16)2)21-20(26)19(25)18(24)17(12-23)27-21/h4-5,10,14,17-21,23-26H,3,6-9,11-12H2,1-2H3. The second kappa shape index (κ2) is 8.99. The van der Waals surface area contributed by atoms with Gasteiger partial charge < -0.3 is 25.2 Å². The van der Waals surface area contributed by atoms with Gasteiger partial charge in [0.1, 0.15) is 30.5 Å². The maximum atomic E-state index is 10.4. The molecule has 0 saturated carbocycles. The molecule has 3 rings (SSSR count). The summed E-state index contributed by atoms with van der Waals surface area (Å²) >= 11 is 0. The highest BCUT2D eigenvalue weighted by molar-refractivity contribution is 5.33. The van der Waals surface area contributed by atoms with Gasteiger partial charge in [-0.05, 0) is 55.5 Å². The van der Waals surface area contributed by atoms with Crippen LogP contribution in [0.5, 0.6) is 0 Å². The Kier molecular flexibility index (Phi) is 6.89. The molecule has 0 bridgehead atoms. The summed E-state index contributed by atoms with van der Waals surface area (Å²) < 4.78 is 5.71. The Morgan fingerprint density at radius 3 is 2.41 bits per heavy atom. The van der Waals surface area contributed by atoms with Crippen LogP contribution in [0.4, 0.5) is 0 Å². The van der Waals surface area contributed by atoms with Gasteiger partial charge in [0, 0.05) is 6.54 Å². The highest BCUT2D eigenvalue weighted by Gasteiger charge is 2.44. The summed E-state index contributed by atoms with van der Waals surface area (Å²) in [5, 5.41) is 39.8. The maximum Gasteiger partial charge on any atom is 0.113 e. The summed E-state index contributed by atoms with van der Waals surface area (Å²) in [7, 11) is 0. The van der Waals surface area contributed by atoms with Gasteiger partial charge in [0.25, 0.3) is 0 Å². The first kappa shape index (κ1) is 20.7. The number of ether oxygens (including phenoxy) is 1. The van der Waals surface area contributed by atoms with Crippen LogP contribution in [0.1, 0.15) is 49.0 Å². The molecule has 0 amide bonds. The highest BCUT2D eigenvalue weighted by atomic mass is 16.5. The number of aliphatic hydroxyl groups is 4. The van der Waals surface area contributed by atoms with Crippen LogP contribution in [-0.2, 0) is 11.3 Å². The Bertz CT molecular complexity index is 615. The van der Waals surface area contributed by atoms with Crippen LogP contribution in [0.25, 0.3) is 0 Å². The molecule has 4 N–H and O–H groups in total. The van der Waals surface area contributed by atoms with Crippen molar-refractivity contribution >= 4 is 0 Å². The van der Waals surface area contributed by atoms with E-state index >= 15 is 0 Å². The average Bonchev–Trinajstić information content (AvgIpc) is 2.69. The minimum absolute atomic E-state index is 0.410. The van der Waals surface area contributed by atoms with E-state index in [1.165, 1.54) is 30.4 Å². The first-order chi connectivity index (χ1) is 12.9. The molecule has 1 aromatic carbocycles. The fraction of sp³-hybridized carbons (Fsp3) is 0.714. The Morgan fingerprint density at radius 1 is 1.07 bits per heavy atom. The third-order valence-corrected chi connectivity index (χ3v) is 6.27. The van der Waals surface area contributed by atoms with Gasteiger partial charge in [0.2, 0.25) is 0 Å². The van der Waals surface area contributed by atoms with Gasteiger partial charge in [-0.25, -0.2) is 0 Å². The van der Waals surface area contributed by atoms with E-state index in [-0.39, 0.29) is 0 Å². The van der Waals surface area contributed by atoms with Crippen LogP contribution >= 0.6 is 0 Å². The fourth-order valence-corrected chi connectivity index (χ4v) is 4.21. The van der Waals surface area contributed by atoms with E-state index in [0.717, 1.165) is 31.1 Å². The summed E-state index contributed by atoms with van der Waals surface area (Å²) in [6.45, 7) is 6.98. The Morgan fingerprint density at radius 2 is 1.78 bits per heavy atom. The lowest BCUT2D eigenvalue weighted by Gasteiger charge is -2.40. The number of aliphatic hydroxyl groups excluding tert-OH is 4. The van der Waals surface area contributed by atoms with Gasteiger partial charge in [-0.2, -0.15) is 0 Å². The van der Waals surface area contributed by atoms with Crippen molar-refractivity contribution in [2.45, 2.75) is 70.2 Å². The lowest BCUT2D eigenvalue weighted by molar-refractivity contribution is -0.231. The predicted molar refractivity (Wildman–Crippen MR) is 102 cm³/mol. The van der Waals surface area contributed by atoms with Gasteiger partial charge in [-0.15, -0.1) is 0 Å². The SMILES string of the molecule is CCC1CCN(Cc2cc(C3OC(CO)C(O)C(O)C3O)ccc2C)CC1. The van der Waals surface area contributed by atoms with Crippen molar-refractivity contribution < 1.29 is 25.2 Å². The van der Waals surface area contributed by atoms with E-state index in [9.17, 15) is 20.4 Å². The molecule has 1 aromatic rings. The molecule has 2 fully saturated rings. The molecule has 5 unspecified atom stereocenters. The Balaban J connectivity index is 1.74. The fourth-order valence-electron chi connectivity index (χ4n) is 4.21. The molecule has 152 valence electrons. The lowest BCUT2D eigenvalue weighted by atomic mass is 9.89. The van der Waals surface area contributed by atoms with Crippen molar-refractivity contribution in [3.8, 4) is 0 Å². The molecular formula is C21H33NO5. The molecule has 2 heterocycles. The summed E-state index contributed by atoms with van der Waals surface area (Å²) in [4.78, 5) is 2.46. The smallest absolute Gasteiger partial charge is 0.113 e. The van der Waals surface area contributed by atoms with Crippen molar-refractivity contribution in [1.29, 1.82) is 0 Å². The molecule has 0 spiro atoms. The zero-order valence-corrected chi connectivity index (χ0v) is 16.3. The molecule has 2 saturated heterocycles. The Hall–Kier alpha value is -1.02. The van der Waals surface area contributed by atoms with Crippen LogP contribution in [-0.4, -0.2) is 69.4 Å². The minimum atomic E-state index is -1.35. The zero-order chi connectivity index (χ0) is 19.6. The van der Waals surface area contributed by atoms with E-state index in [1.807, 2.05) is 18.2 Å². The third kappa shape index (κ3) is 4.53. The van der Waals surface area contributed by atoms with Crippen molar-refractivity contribution in [2.24, 2.45) is 5.92 Å². The van der Waals surface area contributed by atoms with E-state index in [4.69, 9.17) is 4.74 Å². The van der Waals surface area contributed by atoms with Crippen LogP contribution in [0.15, 0.2) is 18.2 Å². The zero-order valence-electron chi connectivity index (χ0n) is 16.3. The predicted octanol–water partition coefficient (Wildman–Crippen LogP) is 1.13. The molecule has 27 heavy (non-hydrogen) atoms. The number of hydrogen-bond donors (Lipinski definition) is 4. The number of rotatable bonds is 5. The van der Waals surface area contributed by atoms with Crippen molar-refractivity contribution in [1.82, 2.24) is 4.90 Å². The monoisotopic (exact) mass is 379 g/mol. The van der Waals surface area contributed by atoms with Gasteiger partial charge in [-0.1, -0.05) is 31.5 Å². The van der Waals surface area contributed by atoms with Gasteiger partial charge >= 0.3 is 0 Å². The number of nitrogens with zero attached hydrogens (tertiary/aromatic N) is 1. The molecule has 0 aliphatic carbocycles. The molecule has 2 aliphatic rings. The van der Waals surface area contributed by atoms with Gasteiger partial charge in [0.15, 0.2) is 0 Å². The maximum absolute atomic E-state index is 10.4. The number of hydrogen-bond acceptors (Lipinski definition) is 6. The number of benzene rings is 1. The van der Waals surface area contributed by atoms with Crippen molar-refractivity contribution in [3.05, 3.63) is 34.9 Å². The first-order valence-electron chi connectivity index (χ1n) is 10.1. The number of likely N-dealkylation sites (tertiary alicyclic amines) is 1. The minimum Gasteiger partial charge on any atom is -0.394 e. The largest absolute Gasteiger partial charge is 0.394 e. The van der Waals surface area contributed by atoms with E-state index in [1.54, 1.807) is 0 Å². The summed E-state index contributed by atoms with van der Waals surface area (Å²) in [6, 6.07) is 5.91. The normalized spacial score (nSPS) is 33.3. The van der Waals surface area contributed by atoms with Gasteiger partial charge in [-0.3, -0.25) is 4.90 Å². The van der Waals surface area contributed by atoms with Crippen LogP contribution in [0.2, 0.25) is 0 Å². The van der Waals surface area contributed by atoms with Crippen LogP contribution < -0.4 is 0 Å². The summed E-state index contributed by atoms with van der Waals surface area (Å²) in [6.07, 6.45) is -1.84. The quantitative estimate of drug-likeness (QED) is 0.613. The van der Waals surface area contributed by atoms with E-state index in [2.05, 4.69) is 18.7 Å². The number of aryl methyl sites for hydroxylation is 1. The van der Waals surface area contributed by atoms with Gasteiger partial charge in [0.05, 0.1) is 6.61 Å². The van der Waals surface area contributed by atoms with E-state index in [0.29, 0.717) is 0 Å². The molecule has 2 aliphatic heterocycles. The molecular weight excluding hydrogens is 346 g/mol. The third-order valence-electron chi connectivity index (χ3n) is 6.27. The molecule has 5 atom stereocenters. The number of piperidine rings is 1. The molecule has 6 nitrogen and oxygen atoms in total. The van der Waals surface area contributed by atoms with E-state index < -0.39 is 37.1 Å².